The number of nitrogens with zero attached hydrogens (tertiary/aromatic N) is 4. The van der Waals surface area contributed by atoms with E-state index < -0.39 is 6.10 Å². The molecule has 0 aliphatic carbocycles. The fraction of sp³-hybridized carbons (Fsp3) is 0.421. The van der Waals surface area contributed by atoms with E-state index in [1.165, 1.54) is 0 Å². The van der Waals surface area contributed by atoms with Crippen molar-refractivity contribution in [2.75, 3.05) is 19.7 Å². The average molecular weight is 423 g/mol. The number of aliphatic hydroxyl groups excluding tert-OH is 1. The Morgan fingerprint density at radius 1 is 1.36 bits per heavy atom. The number of rotatable bonds is 5. The minimum Gasteiger partial charge on any atom is -0.489 e. The van der Waals surface area contributed by atoms with Crippen LogP contribution in [-0.4, -0.2) is 56.5 Å². The van der Waals surface area contributed by atoms with Crippen molar-refractivity contribution in [3.8, 4) is 5.75 Å². The number of hydrogen-bond acceptors (Lipinski definition) is 5. The Labute approximate surface area is 172 Å². The molecule has 3 heterocycles. The van der Waals surface area contributed by atoms with E-state index >= 15 is 0 Å². The Bertz CT molecular complexity index is 930. The molecule has 2 atom stereocenters. The van der Waals surface area contributed by atoms with Crippen LogP contribution >= 0.6 is 23.2 Å². The summed E-state index contributed by atoms with van der Waals surface area (Å²) in [7, 11) is 0. The van der Waals surface area contributed by atoms with Crippen LogP contribution < -0.4 is 4.74 Å². The van der Waals surface area contributed by atoms with Gasteiger partial charge in [-0.2, -0.15) is 0 Å². The molecule has 1 aromatic heterocycles. The summed E-state index contributed by atoms with van der Waals surface area (Å²) in [5.74, 6) is 1.41. The Hall–Kier alpha value is -2.09. The predicted octanol–water partition coefficient (Wildman–Crippen LogP) is 2.70. The molecule has 1 fully saturated rings. The van der Waals surface area contributed by atoms with Gasteiger partial charge in [0.15, 0.2) is 0 Å². The predicted molar refractivity (Wildman–Crippen MR) is 105 cm³/mol. The lowest BCUT2D eigenvalue weighted by atomic mass is 9.96. The molecule has 1 amide bonds. The van der Waals surface area contributed by atoms with Gasteiger partial charge in [0.05, 0.1) is 16.1 Å². The standard InChI is InChI=1S/C19H20Cl2N4O3/c1-2-7-28-14-4-3-13(20)17(21)16(14)11-8-15-22-23-18(25(15)9-11)19(27)24-6-5-12(26)10-24/h2-4,11-12,26H,1,5-10H2. The molecule has 2 unspecified atom stereocenters. The van der Waals surface area contributed by atoms with Crippen LogP contribution in [0, 0.1) is 0 Å². The number of benzene rings is 1. The highest BCUT2D eigenvalue weighted by atomic mass is 35.5. The lowest BCUT2D eigenvalue weighted by Gasteiger charge is -2.19. The highest BCUT2D eigenvalue weighted by molar-refractivity contribution is 6.42. The molecule has 2 aliphatic rings. The average Bonchev–Trinajstić information content (AvgIpc) is 3.37. The fourth-order valence-corrected chi connectivity index (χ4v) is 4.28. The molecule has 1 aromatic carbocycles. The maximum Gasteiger partial charge on any atom is 0.291 e. The summed E-state index contributed by atoms with van der Waals surface area (Å²) in [6, 6.07) is 3.50. The summed E-state index contributed by atoms with van der Waals surface area (Å²) in [5.41, 5.74) is 0.802. The summed E-state index contributed by atoms with van der Waals surface area (Å²) in [4.78, 5) is 14.4. The number of amides is 1. The Kier molecular flexibility index (Phi) is 5.31. The van der Waals surface area contributed by atoms with Crippen LogP contribution in [0.1, 0.15) is 34.3 Å². The highest BCUT2D eigenvalue weighted by Gasteiger charge is 2.35. The third-order valence-corrected chi connectivity index (χ3v) is 5.98. The van der Waals surface area contributed by atoms with Crippen LogP contribution in [0.4, 0.5) is 0 Å². The van der Waals surface area contributed by atoms with Crippen LogP contribution in [0.25, 0.3) is 0 Å². The van der Waals surface area contributed by atoms with E-state index in [4.69, 9.17) is 27.9 Å². The van der Waals surface area contributed by atoms with E-state index in [0.717, 1.165) is 11.4 Å². The van der Waals surface area contributed by atoms with Gasteiger partial charge in [-0.1, -0.05) is 35.9 Å². The molecule has 9 heteroatoms. The summed E-state index contributed by atoms with van der Waals surface area (Å²) in [5, 5.41) is 18.9. The zero-order chi connectivity index (χ0) is 19.8. The van der Waals surface area contributed by atoms with Crippen LogP contribution in [0.5, 0.6) is 5.75 Å². The molecule has 0 radical (unpaired) electrons. The summed E-state index contributed by atoms with van der Waals surface area (Å²) in [6.07, 6.45) is 2.34. The van der Waals surface area contributed by atoms with Gasteiger partial charge in [0, 0.05) is 37.5 Å². The number of hydrogen-bond donors (Lipinski definition) is 1. The van der Waals surface area contributed by atoms with Crippen LogP contribution in [0.3, 0.4) is 0 Å². The van der Waals surface area contributed by atoms with Gasteiger partial charge in [-0.25, -0.2) is 0 Å². The van der Waals surface area contributed by atoms with E-state index in [2.05, 4.69) is 16.8 Å². The molecule has 1 N–H and O–H groups in total. The van der Waals surface area contributed by atoms with Crippen LogP contribution in [0.15, 0.2) is 24.8 Å². The van der Waals surface area contributed by atoms with Gasteiger partial charge in [0.1, 0.15) is 18.2 Å². The second-order valence-electron chi connectivity index (χ2n) is 7.02. The normalized spacial score (nSPS) is 21.0. The quantitative estimate of drug-likeness (QED) is 0.749. The molecule has 0 bridgehead atoms. The lowest BCUT2D eigenvalue weighted by molar-refractivity contribution is 0.0747. The van der Waals surface area contributed by atoms with Crippen molar-refractivity contribution in [3.63, 3.8) is 0 Å². The number of ether oxygens (including phenoxy) is 1. The van der Waals surface area contributed by atoms with Gasteiger partial charge in [-0.15, -0.1) is 10.2 Å². The summed E-state index contributed by atoms with van der Waals surface area (Å²) in [6.45, 7) is 5.37. The second-order valence-corrected chi connectivity index (χ2v) is 7.80. The van der Waals surface area contributed by atoms with E-state index in [-0.39, 0.29) is 11.8 Å². The first-order chi connectivity index (χ1) is 13.5. The number of carbonyl (C=O) groups is 1. The number of fused-ring (bicyclic) bond motifs is 1. The van der Waals surface area contributed by atoms with Gasteiger partial charge >= 0.3 is 0 Å². The molecule has 2 aliphatic heterocycles. The summed E-state index contributed by atoms with van der Waals surface area (Å²) >= 11 is 12.7. The van der Waals surface area contributed by atoms with Crippen molar-refractivity contribution in [2.45, 2.75) is 31.4 Å². The first kappa shape index (κ1) is 19.2. The molecular weight excluding hydrogens is 403 g/mol. The van der Waals surface area contributed by atoms with Gasteiger partial charge in [-0.05, 0) is 18.6 Å². The number of aliphatic hydroxyl groups is 1. The molecule has 7 nitrogen and oxygen atoms in total. The van der Waals surface area contributed by atoms with Crippen molar-refractivity contribution >= 4 is 29.1 Å². The minimum absolute atomic E-state index is 0.0350. The molecule has 0 saturated carbocycles. The monoisotopic (exact) mass is 422 g/mol. The zero-order valence-corrected chi connectivity index (χ0v) is 16.7. The molecule has 2 aromatic rings. The zero-order valence-electron chi connectivity index (χ0n) is 15.1. The van der Waals surface area contributed by atoms with Gasteiger partial charge in [0.2, 0.25) is 5.82 Å². The Morgan fingerprint density at radius 2 is 2.18 bits per heavy atom. The number of aromatic nitrogens is 3. The molecule has 0 spiro atoms. The molecular formula is C19H20Cl2N4O3. The largest absolute Gasteiger partial charge is 0.489 e. The van der Waals surface area contributed by atoms with Crippen molar-refractivity contribution in [1.29, 1.82) is 0 Å². The maximum absolute atomic E-state index is 12.8. The van der Waals surface area contributed by atoms with Crippen molar-refractivity contribution in [2.24, 2.45) is 0 Å². The number of β-amino-alcohol motifs (C(OH)–C–C–N with tert-alkyl or cyclic N) is 1. The third kappa shape index (κ3) is 3.38. The molecule has 148 valence electrons. The topological polar surface area (TPSA) is 80.5 Å². The molecule has 1 saturated heterocycles. The van der Waals surface area contributed by atoms with Crippen molar-refractivity contribution in [1.82, 2.24) is 19.7 Å². The van der Waals surface area contributed by atoms with E-state index in [9.17, 15) is 9.90 Å². The van der Waals surface area contributed by atoms with Crippen molar-refractivity contribution in [3.05, 3.63) is 52.0 Å². The molecule has 4 rings (SSSR count). The van der Waals surface area contributed by atoms with Crippen LogP contribution in [0.2, 0.25) is 10.0 Å². The van der Waals surface area contributed by atoms with Crippen molar-refractivity contribution < 1.29 is 14.6 Å². The summed E-state index contributed by atoms with van der Waals surface area (Å²) < 4.78 is 7.60. The third-order valence-electron chi connectivity index (χ3n) is 5.16. The first-order valence-corrected chi connectivity index (χ1v) is 9.86. The van der Waals surface area contributed by atoms with Gasteiger partial charge in [0.25, 0.3) is 5.91 Å². The number of halogens is 2. The molecule has 28 heavy (non-hydrogen) atoms. The lowest BCUT2D eigenvalue weighted by Crippen LogP contribution is -2.32. The Balaban J connectivity index is 1.61. The van der Waals surface area contributed by atoms with Gasteiger partial charge in [-0.3, -0.25) is 4.79 Å². The van der Waals surface area contributed by atoms with Gasteiger partial charge < -0.3 is 19.3 Å². The SMILES string of the molecule is C=CCOc1ccc(Cl)c(Cl)c1C1Cc2nnc(C(=O)N3CCC(O)C3)n2C1. The van der Waals surface area contributed by atoms with Crippen LogP contribution in [-0.2, 0) is 13.0 Å². The fourth-order valence-electron chi connectivity index (χ4n) is 3.81. The number of carbonyl (C=O) groups excluding carboxylic acids is 1. The van der Waals surface area contributed by atoms with E-state index in [1.807, 2.05) is 4.57 Å². The van der Waals surface area contributed by atoms with E-state index in [1.54, 1.807) is 23.1 Å². The maximum atomic E-state index is 12.8. The minimum atomic E-state index is -0.479. The van der Waals surface area contributed by atoms with E-state index in [0.29, 0.717) is 60.7 Å². The highest BCUT2D eigenvalue weighted by Crippen LogP contribution is 2.42. The first-order valence-electron chi connectivity index (χ1n) is 9.10. The smallest absolute Gasteiger partial charge is 0.291 e. The second kappa shape index (κ2) is 7.73. The number of likely N-dealkylation sites (tertiary alicyclic amines) is 1. The Morgan fingerprint density at radius 3 is 2.89 bits per heavy atom.